The quantitative estimate of drug-likeness (QED) is 0.708. The van der Waals surface area contributed by atoms with E-state index >= 15 is 0 Å². The van der Waals surface area contributed by atoms with Crippen molar-refractivity contribution in [1.82, 2.24) is 10.2 Å². The summed E-state index contributed by atoms with van der Waals surface area (Å²) < 4.78 is 5.22. The van der Waals surface area contributed by atoms with Crippen molar-refractivity contribution in [2.75, 3.05) is 13.7 Å². The maximum Gasteiger partial charge on any atom is 0.254 e. The molecule has 1 aliphatic carbocycles. The van der Waals surface area contributed by atoms with Crippen LogP contribution in [0, 0.1) is 0 Å². The van der Waals surface area contributed by atoms with E-state index in [-0.39, 0.29) is 17.7 Å². The molecule has 2 aromatic carbocycles. The lowest BCUT2D eigenvalue weighted by Gasteiger charge is -2.50. The summed E-state index contributed by atoms with van der Waals surface area (Å²) in [5, 5.41) is 3.17. The van der Waals surface area contributed by atoms with Gasteiger partial charge in [-0.2, -0.15) is 0 Å². The molecular formula is C26H32N2O3. The normalized spacial score (nSPS) is 19.4. The molecule has 1 unspecified atom stereocenters. The zero-order valence-electron chi connectivity index (χ0n) is 18.5. The number of nitrogens with zero attached hydrogens (tertiary/aromatic N) is 1. The number of carbonyl (C=O) groups is 2. The molecule has 1 aliphatic heterocycles. The summed E-state index contributed by atoms with van der Waals surface area (Å²) in [6.45, 7) is 3.31. The minimum Gasteiger partial charge on any atom is -0.497 e. The van der Waals surface area contributed by atoms with E-state index in [1.54, 1.807) is 7.11 Å². The zero-order chi connectivity index (χ0) is 21.8. The van der Waals surface area contributed by atoms with Crippen LogP contribution in [0.4, 0.5) is 0 Å². The van der Waals surface area contributed by atoms with E-state index in [4.69, 9.17) is 4.74 Å². The van der Waals surface area contributed by atoms with Crippen molar-refractivity contribution in [3.8, 4) is 5.75 Å². The number of amides is 2. The molecule has 1 spiro atoms. The molecule has 2 aliphatic rings. The summed E-state index contributed by atoms with van der Waals surface area (Å²) in [6, 6.07) is 15.4. The molecule has 5 nitrogen and oxygen atoms in total. The minimum atomic E-state index is -0.412. The maximum absolute atomic E-state index is 13.7. The lowest BCUT2D eigenvalue weighted by molar-refractivity contribution is -0.126. The predicted molar refractivity (Wildman–Crippen MR) is 121 cm³/mol. The highest BCUT2D eigenvalue weighted by atomic mass is 16.5. The standard InChI is InChI=1S/C26H32N2O3/c1-3-4-17-28-25(30)22-10-6-5-9-21(22)23(26(28)15-7-8-16-26)24(29)27-18-19-11-13-20(31-2)14-12-19/h5-6,9-14,23H,3-4,7-8,15-18H2,1-2H3,(H,27,29). The Hall–Kier alpha value is -2.82. The molecule has 5 heteroatoms. The summed E-state index contributed by atoms with van der Waals surface area (Å²) in [7, 11) is 1.64. The Morgan fingerprint density at radius 3 is 2.52 bits per heavy atom. The molecule has 2 aromatic rings. The Kier molecular flexibility index (Phi) is 6.30. The van der Waals surface area contributed by atoms with E-state index in [9.17, 15) is 9.59 Å². The SMILES string of the molecule is CCCCN1C(=O)c2ccccc2C(C(=O)NCc2ccc(OC)cc2)C12CCCC2. The van der Waals surface area contributed by atoms with Crippen molar-refractivity contribution in [3.63, 3.8) is 0 Å². The van der Waals surface area contributed by atoms with Gasteiger partial charge in [0.15, 0.2) is 0 Å². The van der Waals surface area contributed by atoms with E-state index in [0.717, 1.165) is 55.4 Å². The number of nitrogens with one attached hydrogen (secondary N) is 1. The molecule has 2 amide bonds. The van der Waals surface area contributed by atoms with E-state index in [1.165, 1.54) is 0 Å². The topological polar surface area (TPSA) is 58.6 Å². The molecule has 1 saturated carbocycles. The van der Waals surface area contributed by atoms with Crippen LogP contribution in [0.2, 0.25) is 0 Å². The number of ether oxygens (including phenoxy) is 1. The van der Waals surface area contributed by atoms with Crippen molar-refractivity contribution >= 4 is 11.8 Å². The summed E-state index contributed by atoms with van der Waals surface area (Å²) in [6.07, 6.45) is 5.86. The van der Waals surface area contributed by atoms with Crippen LogP contribution in [0.15, 0.2) is 48.5 Å². The van der Waals surface area contributed by atoms with Crippen LogP contribution in [0.5, 0.6) is 5.75 Å². The van der Waals surface area contributed by atoms with Crippen molar-refractivity contribution in [1.29, 1.82) is 0 Å². The van der Waals surface area contributed by atoms with Gasteiger partial charge in [0.1, 0.15) is 5.75 Å². The van der Waals surface area contributed by atoms with Gasteiger partial charge in [0.05, 0.1) is 18.6 Å². The van der Waals surface area contributed by atoms with Crippen molar-refractivity contribution in [2.45, 2.75) is 63.5 Å². The van der Waals surface area contributed by atoms with Crippen LogP contribution >= 0.6 is 0 Å². The van der Waals surface area contributed by atoms with Crippen LogP contribution < -0.4 is 10.1 Å². The number of carbonyl (C=O) groups excluding carboxylic acids is 2. The van der Waals surface area contributed by atoms with Crippen LogP contribution in [0.3, 0.4) is 0 Å². The van der Waals surface area contributed by atoms with Gasteiger partial charge in [0.2, 0.25) is 5.91 Å². The Balaban J connectivity index is 1.66. The largest absolute Gasteiger partial charge is 0.497 e. The highest BCUT2D eigenvalue weighted by molar-refractivity contribution is 6.02. The van der Waals surface area contributed by atoms with Gasteiger partial charge < -0.3 is 15.0 Å². The Morgan fingerprint density at radius 2 is 1.84 bits per heavy atom. The molecule has 164 valence electrons. The average molecular weight is 421 g/mol. The molecular weight excluding hydrogens is 388 g/mol. The number of benzene rings is 2. The van der Waals surface area contributed by atoms with E-state index in [0.29, 0.717) is 18.7 Å². The van der Waals surface area contributed by atoms with Gasteiger partial charge in [0, 0.05) is 18.7 Å². The zero-order valence-corrected chi connectivity index (χ0v) is 18.5. The van der Waals surface area contributed by atoms with Gasteiger partial charge >= 0.3 is 0 Å². The Morgan fingerprint density at radius 1 is 1.13 bits per heavy atom. The first-order valence-corrected chi connectivity index (χ1v) is 11.4. The fourth-order valence-corrected chi connectivity index (χ4v) is 5.34. The highest BCUT2D eigenvalue weighted by Crippen LogP contribution is 2.50. The average Bonchev–Trinajstić information content (AvgIpc) is 3.28. The number of hydrogen-bond donors (Lipinski definition) is 1. The minimum absolute atomic E-state index is 0.0131. The summed E-state index contributed by atoms with van der Waals surface area (Å²) in [5.41, 5.74) is 2.18. The van der Waals surface area contributed by atoms with Crippen LogP contribution in [-0.2, 0) is 11.3 Å². The van der Waals surface area contributed by atoms with Crippen LogP contribution in [-0.4, -0.2) is 35.9 Å². The van der Waals surface area contributed by atoms with Gasteiger partial charge in [0.25, 0.3) is 5.91 Å². The van der Waals surface area contributed by atoms with Gasteiger partial charge in [-0.25, -0.2) is 0 Å². The third kappa shape index (κ3) is 3.93. The smallest absolute Gasteiger partial charge is 0.254 e. The predicted octanol–water partition coefficient (Wildman–Crippen LogP) is 4.66. The van der Waals surface area contributed by atoms with Gasteiger partial charge in [-0.3, -0.25) is 9.59 Å². The first-order chi connectivity index (χ1) is 15.1. The first kappa shape index (κ1) is 21.4. The van der Waals surface area contributed by atoms with Crippen LogP contribution in [0.1, 0.15) is 72.9 Å². The monoisotopic (exact) mass is 420 g/mol. The summed E-state index contributed by atoms with van der Waals surface area (Å²) in [5.74, 6) is 0.564. The molecule has 0 saturated heterocycles. The van der Waals surface area contributed by atoms with Gasteiger partial charge in [-0.1, -0.05) is 56.5 Å². The van der Waals surface area contributed by atoms with E-state index < -0.39 is 5.54 Å². The number of methoxy groups -OCH3 is 1. The summed E-state index contributed by atoms with van der Waals surface area (Å²) in [4.78, 5) is 29.2. The lowest BCUT2D eigenvalue weighted by atomic mass is 9.71. The second kappa shape index (κ2) is 9.13. The summed E-state index contributed by atoms with van der Waals surface area (Å²) >= 11 is 0. The van der Waals surface area contributed by atoms with E-state index in [2.05, 4.69) is 12.2 Å². The molecule has 0 aromatic heterocycles. The Bertz CT molecular complexity index is 932. The number of fused-ring (bicyclic) bond motifs is 1. The first-order valence-electron chi connectivity index (χ1n) is 11.4. The molecule has 1 heterocycles. The third-order valence-electron chi connectivity index (χ3n) is 6.91. The van der Waals surface area contributed by atoms with Gasteiger partial charge in [-0.05, 0) is 48.6 Å². The fraction of sp³-hybridized carbons (Fsp3) is 0.462. The highest BCUT2D eigenvalue weighted by Gasteiger charge is 2.55. The molecule has 1 atom stereocenters. The fourth-order valence-electron chi connectivity index (χ4n) is 5.34. The molecule has 1 fully saturated rings. The molecule has 0 radical (unpaired) electrons. The number of hydrogen-bond acceptors (Lipinski definition) is 3. The van der Waals surface area contributed by atoms with Crippen molar-refractivity contribution < 1.29 is 14.3 Å². The number of rotatable bonds is 7. The van der Waals surface area contributed by atoms with Crippen LogP contribution in [0.25, 0.3) is 0 Å². The third-order valence-corrected chi connectivity index (χ3v) is 6.91. The molecule has 0 bridgehead atoms. The molecule has 31 heavy (non-hydrogen) atoms. The van der Waals surface area contributed by atoms with Gasteiger partial charge in [-0.15, -0.1) is 0 Å². The number of unbranched alkanes of at least 4 members (excludes halogenated alkanes) is 1. The molecule has 1 N–H and O–H groups in total. The lowest BCUT2D eigenvalue weighted by Crippen LogP contribution is -2.60. The second-order valence-corrected chi connectivity index (χ2v) is 8.71. The van der Waals surface area contributed by atoms with Crippen molar-refractivity contribution in [3.05, 3.63) is 65.2 Å². The molecule has 4 rings (SSSR count). The van der Waals surface area contributed by atoms with E-state index in [1.807, 2.05) is 53.4 Å². The van der Waals surface area contributed by atoms with Crippen molar-refractivity contribution in [2.24, 2.45) is 0 Å². The Labute approximate surface area is 184 Å². The second-order valence-electron chi connectivity index (χ2n) is 8.71. The maximum atomic E-state index is 13.7.